The van der Waals surface area contributed by atoms with Gasteiger partial charge < -0.3 is 0 Å². The van der Waals surface area contributed by atoms with Crippen LogP contribution in [0.5, 0.6) is 0 Å². The Morgan fingerprint density at radius 3 is 2.35 bits per heavy atom. The number of hydrogen-bond donors (Lipinski definition) is 0. The van der Waals surface area contributed by atoms with Crippen molar-refractivity contribution in [1.29, 1.82) is 0 Å². The molecule has 1 rings (SSSR count). The first kappa shape index (κ1) is 14.0. The van der Waals surface area contributed by atoms with Crippen LogP contribution in [-0.2, 0) is 11.0 Å². The van der Waals surface area contributed by atoms with Gasteiger partial charge in [-0.15, -0.1) is 11.6 Å². The second-order valence-electron chi connectivity index (χ2n) is 3.13. The van der Waals surface area contributed by atoms with E-state index >= 15 is 0 Å². The van der Waals surface area contributed by atoms with Gasteiger partial charge in [0.1, 0.15) is 11.7 Å². The molecule has 0 saturated heterocycles. The Balaban J connectivity index is 3.28. The van der Waals surface area contributed by atoms with Gasteiger partial charge in [-0.1, -0.05) is 6.07 Å². The third-order valence-electron chi connectivity index (χ3n) is 2.01. The molecule has 17 heavy (non-hydrogen) atoms. The summed E-state index contributed by atoms with van der Waals surface area (Å²) in [5.74, 6) is 0. The first-order valence-electron chi connectivity index (χ1n) is 4.27. The van der Waals surface area contributed by atoms with Crippen molar-refractivity contribution < 1.29 is 22.8 Å². The summed E-state index contributed by atoms with van der Waals surface area (Å²) in [4.78, 5) is 21.4. The van der Waals surface area contributed by atoms with Gasteiger partial charge in [0.15, 0.2) is 0 Å². The van der Waals surface area contributed by atoms with Crippen molar-refractivity contribution in [2.45, 2.75) is 11.6 Å². The van der Waals surface area contributed by atoms with Crippen molar-refractivity contribution in [3.8, 4) is 0 Å². The molecule has 0 amide bonds. The lowest BCUT2D eigenvalue weighted by molar-refractivity contribution is -0.137. The summed E-state index contributed by atoms with van der Waals surface area (Å²) in [5, 5.41) is -2.31. The normalized spacial score (nSPS) is 13.2. The van der Waals surface area contributed by atoms with Gasteiger partial charge in [-0.05, 0) is 29.3 Å². The Labute approximate surface area is 104 Å². The summed E-state index contributed by atoms with van der Waals surface area (Å²) < 4.78 is 37.1. The van der Waals surface area contributed by atoms with Crippen LogP contribution in [0.3, 0.4) is 0 Å². The molecular weight excluding hydrogens is 280 g/mol. The quantitative estimate of drug-likeness (QED) is 0.483. The van der Waals surface area contributed by atoms with Crippen LogP contribution in [0, 0.1) is 0 Å². The molecule has 1 aromatic rings. The molecule has 0 N–H and O–H groups in total. The van der Waals surface area contributed by atoms with E-state index in [1.165, 1.54) is 0 Å². The molecule has 0 radical (unpaired) electrons. The number of carbonyl (C=O) groups is 2. The fraction of sp³-hybridized carbons (Fsp3) is 0.200. The van der Waals surface area contributed by atoms with Crippen molar-refractivity contribution in [3.63, 3.8) is 0 Å². The van der Waals surface area contributed by atoms with Crippen LogP contribution < -0.4 is 0 Å². The molecule has 0 saturated carbocycles. The van der Waals surface area contributed by atoms with Gasteiger partial charge in [0, 0.05) is 5.56 Å². The Morgan fingerprint density at radius 1 is 1.35 bits per heavy atom. The molecule has 2 nitrogen and oxygen atoms in total. The van der Waals surface area contributed by atoms with Crippen LogP contribution in [0.15, 0.2) is 18.2 Å². The summed E-state index contributed by atoms with van der Waals surface area (Å²) in [6.45, 7) is 0. The highest BCUT2D eigenvalue weighted by atomic mass is 35.5. The number of benzene rings is 1. The van der Waals surface area contributed by atoms with Gasteiger partial charge in [0.2, 0.25) is 5.24 Å². The smallest absolute Gasteiger partial charge is 0.298 e. The Bertz CT molecular complexity index is 457. The highest BCUT2D eigenvalue weighted by Gasteiger charge is 2.31. The van der Waals surface area contributed by atoms with Gasteiger partial charge in [-0.3, -0.25) is 9.59 Å². The van der Waals surface area contributed by atoms with Gasteiger partial charge in [0.25, 0.3) is 0 Å². The van der Waals surface area contributed by atoms with Crippen molar-refractivity contribution in [3.05, 3.63) is 34.9 Å². The monoisotopic (exact) mass is 284 g/mol. The third kappa shape index (κ3) is 3.20. The number of hydrogen-bond acceptors (Lipinski definition) is 2. The van der Waals surface area contributed by atoms with Crippen LogP contribution in [0.25, 0.3) is 0 Å². The number of alkyl halides is 4. The molecule has 7 heteroatoms. The molecule has 0 bridgehead atoms. The van der Waals surface area contributed by atoms with E-state index in [1.54, 1.807) is 0 Å². The molecule has 92 valence electrons. The Morgan fingerprint density at radius 2 is 1.94 bits per heavy atom. The highest BCUT2D eigenvalue weighted by Crippen LogP contribution is 2.33. The predicted molar refractivity (Wildman–Crippen MR) is 56.3 cm³/mol. The average Bonchev–Trinajstić information content (AvgIpc) is 2.25. The lowest BCUT2D eigenvalue weighted by atomic mass is 10.0. The van der Waals surface area contributed by atoms with E-state index in [2.05, 4.69) is 0 Å². The lowest BCUT2D eigenvalue weighted by Crippen LogP contribution is -2.09. The molecule has 1 aromatic carbocycles. The van der Waals surface area contributed by atoms with E-state index in [9.17, 15) is 22.8 Å². The van der Waals surface area contributed by atoms with Crippen LogP contribution in [0.2, 0.25) is 0 Å². The van der Waals surface area contributed by atoms with E-state index in [-0.39, 0.29) is 17.4 Å². The number of rotatable bonds is 3. The minimum atomic E-state index is -4.57. The maximum absolute atomic E-state index is 12.4. The van der Waals surface area contributed by atoms with Crippen LogP contribution >= 0.6 is 23.2 Å². The Kier molecular flexibility index (Phi) is 4.16. The maximum atomic E-state index is 12.4. The first-order chi connectivity index (χ1) is 7.77. The Hall–Kier alpha value is -1.07. The number of halogens is 5. The van der Waals surface area contributed by atoms with E-state index in [1.807, 2.05) is 0 Å². The van der Waals surface area contributed by atoms with Gasteiger partial charge >= 0.3 is 6.18 Å². The van der Waals surface area contributed by atoms with Crippen molar-refractivity contribution in [2.24, 2.45) is 0 Å². The second-order valence-corrected chi connectivity index (χ2v) is 3.93. The zero-order valence-corrected chi connectivity index (χ0v) is 9.60. The van der Waals surface area contributed by atoms with Crippen molar-refractivity contribution in [2.75, 3.05) is 0 Å². The maximum Gasteiger partial charge on any atom is 0.416 e. The van der Waals surface area contributed by atoms with E-state index in [0.717, 1.165) is 12.1 Å². The summed E-state index contributed by atoms with van der Waals surface area (Å²) in [6, 6.07) is 2.32. The molecule has 0 aliphatic carbocycles. The van der Waals surface area contributed by atoms with Crippen LogP contribution in [-0.4, -0.2) is 11.5 Å². The third-order valence-corrected chi connectivity index (χ3v) is 2.78. The fourth-order valence-corrected chi connectivity index (χ4v) is 1.52. The van der Waals surface area contributed by atoms with Gasteiger partial charge in [-0.2, -0.15) is 13.2 Å². The first-order valence-corrected chi connectivity index (χ1v) is 5.08. The summed E-state index contributed by atoms with van der Waals surface area (Å²) in [6.07, 6.45) is -4.37. The lowest BCUT2D eigenvalue weighted by Gasteiger charge is -2.11. The van der Waals surface area contributed by atoms with E-state index in [4.69, 9.17) is 23.2 Å². The summed E-state index contributed by atoms with van der Waals surface area (Å²) in [5.41, 5.74) is -1.35. The predicted octanol–water partition coefficient (Wildman–Crippen LogP) is 3.56. The minimum Gasteiger partial charge on any atom is -0.298 e. The molecule has 0 aliphatic rings. The highest BCUT2D eigenvalue weighted by molar-refractivity contribution is 6.68. The molecule has 0 spiro atoms. The van der Waals surface area contributed by atoms with Crippen LogP contribution in [0.1, 0.15) is 26.9 Å². The summed E-state index contributed by atoms with van der Waals surface area (Å²) in [7, 11) is 0. The van der Waals surface area contributed by atoms with Crippen molar-refractivity contribution in [1.82, 2.24) is 0 Å². The zero-order chi connectivity index (χ0) is 13.2. The molecule has 0 heterocycles. The largest absolute Gasteiger partial charge is 0.416 e. The topological polar surface area (TPSA) is 34.1 Å². The zero-order valence-electron chi connectivity index (χ0n) is 8.09. The molecular formula is C10H5Cl2F3O2. The summed E-state index contributed by atoms with van der Waals surface area (Å²) >= 11 is 10.7. The molecule has 1 unspecified atom stereocenters. The molecule has 0 aliphatic heterocycles. The van der Waals surface area contributed by atoms with Crippen molar-refractivity contribution >= 4 is 34.7 Å². The van der Waals surface area contributed by atoms with Crippen LogP contribution in [0.4, 0.5) is 13.2 Å². The minimum absolute atomic E-state index is 0.0466. The van der Waals surface area contributed by atoms with Gasteiger partial charge in [0.05, 0.1) is 5.56 Å². The van der Waals surface area contributed by atoms with Gasteiger partial charge in [-0.25, -0.2) is 0 Å². The molecule has 1 atom stereocenters. The fourth-order valence-electron chi connectivity index (χ4n) is 1.21. The van der Waals surface area contributed by atoms with E-state index in [0.29, 0.717) is 6.07 Å². The SMILES string of the molecule is O=Cc1cc(C(F)(F)F)ccc1C(Cl)C(=O)Cl. The molecule has 0 fully saturated rings. The van der Waals surface area contributed by atoms with E-state index < -0.39 is 22.4 Å². The number of carbonyl (C=O) groups excluding carboxylic acids is 2. The average molecular weight is 285 g/mol. The standard InChI is InChI=1S/C10H5Cl2F3O2/c11-8(9(12)17)7-2-1-6(10(13,14)15)3-5(7)4-16/h1-4,8H. The second kappa shape index (κ2) is 5.06. The number of aldehydes is 1. The molecule has 0 aromatic heterocycles.